The molecule has 1 amide bonds. The average Bonchev–Trinajstić information content (AvgIpc) is 2.45. The third-order valence-corrected chi connectivity index (χ3v) is 2.09. The third kappa shape index (κ3) is 2.32. The number of carbonyl (C=O) groups excluding carboxylic acids is 1. The molecule has 4 N–H and O–H groups in total. The Morgan fingerprint density at radius 1 is 1.71 bits per heavy atom. The van der Waals surface area contributed by atoms with Crippen molar-refractivity contribution in [2.24, 2.45) is 18.5 Å². The summed E-state index contributed by atoms with van der Waals surface area (Å²) >= 11 is 0. The van der Waals surface area contributed by atoms with E-state index >= 15 is 0 Å². The Labute approximate surface area is 83.1 Å². The Morgan fingerprint density at radius 3 is 2.86 bits per heavy atom. The minimum absolute atomic E-state index is 0.165. The van der Waals surface area contributed by atoms with Gasteiger partial charge in [0.15, 0.2) is 0 Å². The summed E-state index contributed by atoms with van der Waals surface area (Å²) in [4.78, 5) is 10.7. The van der Waals surface area contributed by atoms with Gasteiger partial charge in [-0.2, -0.15) is 5.10 Å². The maximum Gasteiger partial charge on any atom is 0.219 e. The zero-order valence-corrected chi connectivity index (χ0v) is 8.53. The van der Waals surface area contributed by atoms with Gasteiger partial charge in [0.2, 0.25) is 5.91 Å². The molecule has 1 unspecified atom stereocenters. The van der Waals surface area contributed by atoms with E-state index in [4.69, 9.17) is 11.5 Å². The molecule has 0 aliphatic heterocycles. The molecule has 1 aromatic rings. The molecule has 0 aliphatic rings. The first-order valence-electron chi connectivity index (χ1n) is 4.60. The number of aryl methyl sites for hydroxylation is 2. The van der Waals surface area contributed by atoms with Crippen molar-refractivity contribution in [1.29, 1.82) is 0 Å². The predicted molar refractivity (Wildman–Crippen MR) is 53.3 cm³/mol. The van der Waals surface area contributed by atoms with E-state index in [1.807, 2.05) is 20.2 Å². The standard InChI is InChI=1S/C9H16N4O/c1-3-8-6(5-13(2)12-8)7(10)4-9(11)14/h5,7H,3-4,10H2,1-2H3,(H2,11,14). The maximum absolute atomic E-state index is 10.7. The van der Waals surface area contributed by atoms with Crippen LogP contribution in [0.4, 0.5) is 0 Å². The molecular weight excluding hydrogens is 180 g/mol. The zero-order valence-electron chi connectivity index (χ0n) is 8.53. The van der Waals surface area contributed by atoms with Gasteiger partial charge in [0.05, 0.1) is 5.69 Å². The Balaban J connectivity index is 2.87. The maximum atomic E-state index is 10.7. The van der Waals surface area contributed by atoms with Crippen LogP contribution in [0.25, 0.3) is 0 Å². The molecule has 0 aromatic carbocycles. The van der Waals surface area contributed by atoms with Crippen LogP contribution in [-0.4, -0.2) is 15.7 Å². The van der Waals surface area contributed by atoms with E-state index in [1.54, 1.807) is 4.68 Å². The molecule has 1 aromatic heterocycles. The van der Waals surface area contributed by atoms with E-state index in [9.17, 15) is 4.79 Å². The third-order valence-electron chi connectivity index (χ3n) is 2.09. The summed E-state index contributed by atoms with van der Waals surface area (Å²) in [7, 11) is 1.83. The lowest BCUT2D eigenvalue weighted by molar-refractivity contribution is -0.118. The van der Waals surface area contributed by atoms with Gasteiger partial charge in [-0.05, 0) is 6.42 Å². The van der Waals surface area contributed by atoms with E-state index in [0.717, 1.165) is 17.7 Å². The van der Waals surface area contributed by atoms with E-state index in [0.29, 0.717) is 0 Å². The average molecular weight is 196 g/mol. The Bertz CT molecular complexity index is 332. The second-order valence-corrected chi connectivity index (χ2v) is 3.34. The van der Waals surface area contributed by atoms with Gasteiger partial charge < -0.3 is 11.5 Å². The van der Waals surface area contributed by atoms with E-state index in [2.05, 4.69) is 5.10 Å². The Kier molecular flexibility index (Phi) is 3.24. The van der Waals surface area contributed by atoms with Gasteiger partial charge in [-0.25, -0.2) is 0 Å². The zero-order chi connectivity index (χ0) is 10.7. The molecule has 0 radical (unpaired) electrons. The van der Waals surface area contributed by atoms with Gasteiger partial charge in [-0.3, -0.25) is 9.48 Å². The SMILES string of the molecule is CCc1nn(C)cc1C(N)CC(N)=O. The highest BCUT2D eigenvalue weighted by Gasteiger charge is 2.15. The summed E-state index contributed by atoms with van der Waals surface area (Å²) < 4.78 is 1.70. The molecule has 1 atom stereocenters. The molecule has 78 valence electrons. The summed E-state index contributed by atoms with van der Waals surface area (Å²) in [6, 6.07) is -0.337. The number of hydrogen-bond acceptors (Lipinski definition) is 3. The molecule has 0 aliphatic carbocycles. The highest BCUT2D eigenvalue weighted by atomic mass is 16.1. The summed E-state index contributed by atoms with van der Waals surface area (Å²) in [5, 5.41) is 4.24. The number of amides is 1. The van der Waals surface area contributed by atoms with Crippen LogP contribution < -0.4 is 11.5 Å². The molecule has 0 saturated heterocycles. The van der Waals surface area contributed by atoms with Gasteiger partial charge in [-0.1, -0.05) is 6.92 Å². The number of aromatic nitrogens is 2. The number of carbonyl (C=O) groups is 1. The van der Waals surface area contributed by atoms with Crippen molar-refractivity contribution in [3.63, 3.8) is 0 Å². The smallest absolute Gasteiger partial charge is 0.219 e. The largest absolute Gasteiger partial charge is 0.370 e. The summed E-state index contributed by atoms with van der Waals surface area (Å²) in [5.74, 6) is -0.386. The molecule has 1 heterocycles. The van der Waals surface area contributed by atoms with Crippen molar-refractivity contribution >= 4 is 5.91 Å². The van der Waals surface area contributed by atoms with Crippen LogP contribution >= 0.6 is 0 Å². The fourth-order valence-corrected chi connectivity index (χ4v) is 1.46. The van der Waals surface area contributed by atoms with Crippen molar-refractivity contribution in [2.75, 3.05) is 0 Å². The lowest BCUT2D eigenvalue weighted by Crippen LogP contribution is -2.21. The Hall–Kier alpha value is -1.36. The van der Waals surface area contributed by atoms with E-state index in [1.165, 1.54) is 0 Å². The number of nitrogens with zero attached hydrogens (tertiary/aromatic N) is 2. The van der Waals surface area contributed by atoms with Crippen LogP contribution in [0.2, 0.25) is 0 Å². The highest BCUT2D eigenvalue weighted by molar-refractivity contribution is 5.74. The van der Waals surface area contributed by atoms with Crippen molar-refractivity contribution in [3.05, 3.63) is 17.5 Å². The molecule has 1 rings (SSSR count). The number of primary amides is 1. The normalized spacial score (nSPS) is 12.8. The van der Waals surface area contributed by atoms with Crippen LogP contribution in [0.5, 0.6) is 0 Å². The lowest BCUT2D eigenvalue weighted by Gasteiger charge is -2.07. The number of hydrogen-bond donors (Lipinski definition) is 2. The second-order valence-electron chi connectivity index (χ2n) is 3.34. The van der Waals surface area contributed by atoms with Crippen LogP contribution in [0.1, 0.15) is 30.6 Å². The fourth-order valence-electron chi connectivity index (χ4n) is 1.46. The predicted octanol–water partition coefficient (Wildman–Crippen LogP) is -0.142. The topological polar surface area (TPSA) is 86.9 Å². The second kappa shape index (κ2) is 4.23. The van der Waals surface area contributed by atoms with Crippen molar-refractivity contribution < 1.29 is 4.79 Å². The van der Waals surface area contributed by atoms with Crippen molar-refractivity contribution in [2.45, 2.75) is 25.8 Å². The number of rotatable bonds is 4. The molecule has 0 spiro atoms. The molecule has 5 nitrogen and oxygen atoms in total. The minimum Gasteiger partial charge on any atom is -0.370 e. The van der Waals surface area contributed by atoms with Crippen LogP contribution in [-0.2, 0) is 18.3 Å². The van der Waals surface area contributed by atoms with Crippen molar-refractivity contribution in [3.8, 4) is 0 Å². The monoisotopic (exact) mass is 196 g/mol. The molecule has 0 bridgehead atoms. The first-order chi connectivity index (χ1) is 6.54. The van der Waals surface area contributed by atoms with Gasteiger partial charge in [0.25, 0.3) is 0 Å². The van der Waals surface area contributed by atoms with Crippen LogP contribution in [0.15, 0.2) is 6.20 Å². The molecule has 5 heteroatoms. The van der Waals surface area contributed by atoms with Crippen LogP contribution in [0.3, 0.4) is 0 Å². The molecular formula is C9H16N4O. The number of nitrogens with two attached hydrogens (primary N) is 2. The van der Waals surface area contributed by atoms with E-state index < -0.39 is 0 Å². The minimum atomic E-state index is -0.386. The quantitative estimate of drug-likeness (QED) is 0.702. The Morgan fingerprint density at radius 2 is 2.36 bits per heavy atom. The van der Waals surface area contributed by atoms with Crippen molar-refractivity contribution in [1.82, 2.24) is 9.78 Å². The van der Waals surface area contributed by atoms with Crippen LogP contribution in [0, 0.1) is 0 Å². The van der Waals surface area contributed by atoms with E-state index in [-0.39, 0.29) is 18.4 Å². The fraction of sp³-hybridized carbons (Fsp3) is 0.556. The molecule has 0 fully saturated rings. The van der Waals surface area contributed by atoms with Gasteiger partial charge in [0, 0.05) is 31.3 Å². The summed E-state index contributed by atoms with van der Waals surface area (Å²) in [6.07, 6.45) is 2.81. The first kappa shape index (κ1) is 10.7. The summed E-state index contributed by atoms with van der Waals surface area (Å²) in [6.45, 7) is 2.00. The van der Waals surface area contributed by atoms with Gasteiger partial charge in [0.1, 0.15) is 0 Å². The van der Waals surface area contributed by atoms with Gasteiger partial charge in [-0.15, -0.1) is 0 Å². The lowest BCUT2D eigenvalue weighted by atomic mass is 10.0. The molecule has 0 saturated carbocycles. The highest BCUT2D eigenvalue weighted by Crippen LogP contribution is 2.17. The summed E-state index contributed by atoms with van der Waals surface area (Å²) in [5.41, 5.74) is 12.8. The first-order valence-corrected chi connectivity index (χ1v) is 4.60. The van der Waals surface area contributed by atoms with Gasteiger partial charge >= 0.3 is 0 Å². The molecule has 14 heavy (non-hydrogen) atoms.